The van der Waals surface area contributed by atoms with Gasteiger partial charge in [-0.2, -0.15) is 0 Å². The van der Waals surface area contributed by atoms with Crippen LogP contribution in [0.2, 0.25) is 0 Å². The van der Waals surface area contributed by atoms with E-state index in [-0.39, 0.29) is 12.0 Å². The monoisotopic (exact) mass is 155 g/mol. The van der Waals surface area contributed by atoms with E-state index < -0.39 is 0 Å². The average molecular weight is 155 g/mol. The van der Waals surface area contributed by atoms with Crippen LogP contribution < -0.4 is 0 Å². The van der Waals surface area contributed by atoms with Crippen molar-refractivity contribution in [3.05, 3.63) is 0 Å². The molecule has 2 aliphatic rings. The lowest BCUT2D eigenvalue weighted by molar-refractivity contribution is -0.143. The van der Waals surface area contributed by atoms with E-state index in [0.29, 0.717) is 12.6 Å². The number of nitrogens with zero attached hydrogens (tertiary/aromatic N) is 1. The lowest BCUT2D eigenvalue weighted by atomic mass is 10.5. The van der Waals surface area contributed by atoms with Crippen LogP contribution >= 0.6 is 0 Å². The van der Waals surface area contributed by atoms with Gasteiger partial charge >= 0.3 is 5.97 Å². The molecular weight excluding hydrogens is 142 g/mol. The summed E-state index contributed by atoms with van der Waals surface area (Å²) in [4.78, 5) is 13.3. The number of hydrogen-bond donors (Lipinski definition) is 0. The Bertz CT molecular complexity index is 177. The Morgan fingerprint density at radius 3 is 2.91 bits per heavy atom. The minimum atomic E-state index is -0.0283. The SMILES string of the molecule is CCOC(=O)C1CN1C1CC1. The molecule has 1 saturated heterocycles. The van der Waals surface area contributed by atoms with E-state index in [1.807, 2.05) is 6.92 Å². The number of esters is 1. The third kappa shape index (κ3) is 1.38. The van der Waals surface area contributed by atoms with Crippen molar-refractivity contribution < 1.29 is 9.53 Å². The Balaban J connectivity index is 1.76. The zero-order valence-electron chi connectivity index (χ0n) is 6.75. The van der Waals surface area contributed by atoms with Gasteiger partial charge in [-0.15, -0.1) is 0 Å². The smallest absolute Gasteiger partial charge is 0.324 e. The molecule has 0 N–H and O–H groups in total. The van der Waals surface area contributed by atoms with Gasteiger partial charge in [-0.1, -0.05) is 0 Å². The van der Waals surface area contributed by atoms with E-state index in [0.717, 1.165) is 6.54 Å². The van der Waals surface area contributed by atoms with Gasteiger partial charge in [-0.3, -0.25) is 9.69 Å². The normalized spacial score (nSPS) is 35.0. The number of carbonyl (C=O) groups excluding carboxylic acids is 1. The molecule has 0 amide bonds. The molecule has 3 nitrogen and oxygen atoms in total. The molecule has 0 spiro atoms. The molecule has 1 saturated carbocycles. The van der Waals surface area contributed by atoms with Crippen LogP contribution in [0.5, 0.6) is 0 Å². The molecule has 11 heavy (non-hydrogen) atoms. The number of ether oxygens (including phenoxy) is 1. The molecule has 0 radical (unpaired) electrons. The summed E-state index contributed by atoms with van der Waals surface area (Å²) in [6.45, 7) is 3.29. The van der Waals surface area contributed by atoms with Crippen LogP contribution in [-0.4, -0.2) is 36.1 Å². The third-order valence-electron chi connectivity index (χ3n) is 2.23. The van der Waals surface area contributed by atoms with E-state index in [9.17, 15) is 4.79 Å². The first-order valence-corrected chi connectivity index (χ1v) is 4.25. The number of rotatable bonds is 3. The molecule has 0 aromatic heterocycles. The summed E-state index contributed by atoms with van der Waals surface area (Å²) in [5.74, 6) is -0.0283. The fourth-order valence-electron chi connectivity index (χ4n) is 1.41. The molecule has 1 heterocycles. The highest BCUT2D eigenvalue weighted by Crippen LogP contribution is 2.36. The Labute approximate surface area is 66.3 Å². The minimum absolute atomic E-state index is 0.0283. The van der Waals surface area contributed by atoms with E-state index >= 15 is 0 Å². The van der Waals surface area contributed by atoms with Crippen molar-refractivity contribution in [2.24, 2.45) is 0 Å². The zero-order valence-corrected chi connectivity index (χ0v) is 6.75. The van der Waals surface area contributed by atoms with Crippen molar-refractivity contribution in [3.8, 4) is 0 Å². The summed E-state index contributed by atoms with van der Waals surface area (Å²) >= 11 is 0. The summed E-state index contributed by atoms with van der Waals surface area (Å²) < 4.78 is 4.89. The summed E-state index contributed by atoms with van der Waals surface area (Å²) in [6.07, 6.45) is 2.55. The lowest BCUT2D eigenvalue weighted by Crippen LogP contribution is -2.17. The molecule has 3 heteroatoms. The van der Waals surface area contributed by atoms with Gasteiger partial charge in [0.1, 0.15) is 6.04 Å². The van der Waals surface area contributed by atoms with Crippen molar-refractivity contribution in [3.63, 3.8) is 0 Å². The first kappa shape index (κ1) is 7.10. The van der Waals surface area contributed by atoms with Crippen LogP contribution in [0.25, 0.3) is 0 Å². The molecule has 0 bridgehead atoms. The summed E-state index contributed by atoms with van der Waals surface area (Å²) in [6, 6.07) is 0.826. The highest BCUT2D eigenvalue weighted by atomic mass is 16.5. The Kier molecular flexibility index (Phi) is 1.60. The van der Waals surface area contributed by atoms with Gasteiger partial charge in [0.25, 0.3) is 0 Å². The van der Waals surface area contributed by atoms with Gasteiger partial charge in [0.2, 0.25) is 0 Å². The van der Waals surface area contributed by atoms with Crippen molar-refractivity contribution in [1.29, 1.82) is 0 Å². The Morgan fingerprint density at radius 1 is 1.64 bits per heavy atom. The number of carbonyl (C=O) groups is 1. The Morgan fingerprint density at radius 2 is 2.36 bits per heavy atom. The summed E-state index contributed by atoms with van der Waals surface area (Å²) in [5, 5.41) is 0. The highest BCUT2D eigenvalue weighted by molar-refractivity contribution is 5.79. The standard InChI is InChI=1S/C8H13NO2/c1-2-11-8(10)7-5-9(7)6-3-4-6/h6-7H,2-5H2,1H3. The first-order valence-electron chi connectivity index (χ1n) is 4.25. The molecule has 2 unspecified atom stereocenters. The lowest BCUT2D eigenvalue weighted by Gasteiger charge is -2.00. The van der Waals surface area contributed by atoms with E-state index in [1.54, 1.807) is 0 Å². The summed E-state index contributed by atoms with van der Waals surface area (Å²) in [7, 11) is 0. The van der Waals surface area contributed by atoms with Crippen molar-refractivity contribution in [2.75, 3.05) is 13.2 Å². The fraction of sp³-hybridized carbons (Fsp3) is 0.875. The van der Waals surface area contributed by atoms with Gasteiger partial charge in [0.15, 0.2) is 0 Å². The van der Waals surface area contributed by atoms with Gasteiger partial charge in [0, 0.05) is 12.6 Å². The fourth-order valence-corrected chi connectivity index (χ4v) is 1.41. The predicted octanol–water partition coefficient (Wildman–Crippen LogP) is 0.396. The molecule has 0 aromatic carbocycles. The van der Waals surface area contributed by atoms with Gasteiger partial charge < -0.3 is 4.74 Å². The van der Waals surface area contributed by atoms with E-state index in [2.05, 4.69) is 4.90 Å². The van der Waals surface area contributed by atoms with Crippen LogP contribution in [0.4, 0.5) is 0 Å². The molecule has 2 atom stereocenters. The zero-order chi connectivity index (χ0) is 7.84. The van der Waals surface area contributed by atoms with Crippen molar-refractivity contribution >= 4 is 5.97 Å². The molecular formula is C8H13NO2. The quantitative estimate of drug-likeness (QED) is 0.436. The summed E-state index contributed by atoms with van der Waals surface area (Å²) in [5.41, 5.74) is 0. The van der Waals surface area contributed by atoms with E-state index in [4.69, 9.17) is 4.74 Å². The van der Waals surface area contributed by atoms with Crippen LogP contribution in [-0.2, 0) is 9.53 Å². The molecule has 2 fully saturated rings. The Hall–Kier alpha value is -0.570. The van der Waals surface area contributed by atoms with Crippen molar-refractivity contribution in [2.45, 2.75) is 31.8 Å². The molecule has 2 rings (SSSR count). The molecule has 62 valence electrons. The minimum Gasteiger partial charge on any atom is -0.465 e. The molecule has 1 aliphatic carbocycles. The van der Waals surface area contributed by atoms with Crippen LogP contribution in [0.15, 0.2) is 0 Å². The second kappa shape index (κ2) is 2.48. The maximum absolute atomic E-state index is 11.1. The average Bonchev–Trinajstić information content (AvgIpc) is 2.83. The van der Waals surface area contributed by atoms with Crippen LogP contribution in [0, 0.1) is 0 Å². The second-order valence-corrected chi connectivity index (χ2v) is 3.20. The topological polar surface area (TPSA) is 29.3 Å². The van der Waals surface area contributed by atoms with Gasteiger partial charge in [0.05, 0.1) is 6.61 Å². The van der Waals surface area contributed by atoms with E-state index in [1.165, 1.54) is 12.8 Å². The van der Waals surface area contributed by atoms with Gasteiger partial charge in [-0.25, -0.2) is 0 Å². The second-order valence-electron chi connectivity index (χ2n) is 3.20. The third-order valence-corrected chi connectivity index (χ3v) is 2.23. The van der Waals surface area contributed by atoms with Crippen LogP contribution in [0.1, 0.15) is 19.8 Å². The predicted molar refractivity (Wildman–Crippen MR) is 40.1 cm³/mol. The maximum Gasteiger partial charge on any atom is 0.324 e. The van der Waals surface area contributed by atoms with Crippen LogP contribution in [0.3, 0.4) is 0 Å². The largest absolute Gasteiger partial charge is 0.465 e. The highest BCUT2D eigenvalue weighted by Gasteiger charge is 2.49. The maximum atomic E-state index is 11.1. The number of hydrogen-bond acceptors (Lipinski definition) is 3. The van der Waals surface area contributed by atoms with Crippen molar-refractivity contribution in [1.82, 2.24) is 4.90 Å². The first-order chi connectivity index (χ1) is 5.33. The molecule has 1 aliphatic heterocycles. The van der Waals surface area contributed by atoms with Gasteiger partial charge in [-0.05, 0) is 19.8 Å². The molecule has 0 aromatic rings.